The van der Waals surface area contributed by atoms with Crippen LogP contribution in [0.3, 0.4) is 0 Å². The maximum absolute atomic E-state index is 14.0. The standard InChI is InChI=1S/C29H28FN7O5S/c1-17-11-27(42-26-6-4-3-5-20(26)30)32-16-25(17)37-29(31)19(15-33-37)28(38)23-12-18-13-24(36-7-9-41-10-8-36)22(14-21(18)34-23)35-43(2,39)40/h3-6,11-16,34-35H,7-10,31H2,1-2H3. The Balaban J connectivity index is 1.30. The number of carbonyl (C=O) groups is 1. The van der Waals surface area contributed by atoms with Crippen LogP contribution < -0.4 is 20.1 Å². The van der Waals surface area contributed by atoms with Crippen LogP contribution in [-0.4, -0.2) is 66.5 Å². The zero-order chi connectivity index (χ0) is 30.3. The van der Waals surface area contributed by atoms with Gasteiger partial charge in [-0.2, -0.15) is 5.10 Å². The highest BCUT2D eigenvalue weighted by molar-refractivity contribution is 7.92. The van der Waals surface area contributed by atoms with Crippen molar-refractivity contribution in [3.05, 3.63) is 83.6 Å². The Morgan fingerprint density at radius 1 is 1.12 bits per heavy atom. The van der Waals surface area contributed by atoms with Crippen molar-refractivity contribution in [1.82, 2.24) is 19.7 Å². The number of halogens is 1. The number of nitrogens with two attached hydrogens (primary N) is 1. The third-order valence-electron chi connectivity index (χ3n) is 7.02. The molecular formula is C29H28FN7O5S. The summed E-state index contributed by atoms with van der Waals surface area (Å²) in [4.78, 5) is 23.0. The van der Waals surface area contributed by atoms with Crippen molar-refractivity contribution < 1.29 is 27.1 Å². The van der Waals surface area contributed by atoms with Crippen molar-refractivity contribution >= 4 is 43.9 Å². The number of ether oxygens (including phenoxy) is 2. The number of morpholine rings is 1. The molecule has 5 aromatic rings. The number of hydrogen-bond donors (Lipinski definition) is 3. The molecule has 6 rings (SSSR count). The smallest absolute Gasteiger partial charge is 0.229 e. The van der Waals surface area contributed by atoms with Gasteiger partial charge < -0.3 is 25.1 Å². The number of aromatic amines is 1. The molecule has 222 valence electrons. The fraction of sp³-hybridized carbons (Fsp3) is 0.207. The lowest BCUT2D eigenvalue weighted by Gasteiger charge is -2.30. The van der Waals surface area contributed by atoms with E-state index in [9.17, 15) is 17.6 Å². The Hall–Kier alpha value is -4.95. The molecule has 14 heteroatoms. The van der Waals surface area contributed by atoms with Gasteiger partial charge in [0.1, 0.15) is 5.82 Å². The van der Waals surface area contributed by atoms with Gasteiger partial charge in [0.25, 0.3) is 0 Å². The van der Waals surface area contributed by atoms with Gasteiger partial charge in [0.2, 0.25) is 21.7 Å². The van der Waals surface area contributed by atoms with Crippen molar-refractivity contribution in [2.45, 2.75) is 6.92 Å². The van der Waals surface area contributed by atoms with Gasteiger partial charge in [0.15, 0.2) is 11.6 Å². The van der Waals surface area contributed by atoms with E-state index in [1.54, 1.807) is 37.3 Å². The first-order valence-corrected chi connectivity index (χ1v) is 15.2. The van der Waals surface area contributed by atoms with Crippen LogP contribution in [0.4, 0.5) is 21.6 Å². The molecule has 0 aliphatic carbocycles. The molecule has 4 heterocycles. The monoisotopic (exact) mass is 605 g/mol. The quantitative estimate of drug-likeness (QED) is 0.222. The van der Waals surface area contributed by atoms with Crippen LogP contribution in [0.25, 0.3) is 16.6 Å². The summed E-state index contributed by atoms with van der Waals surface area (Å²) in [5.41, 5.74) is 9.68. The van der Waals surface area contributed by atoms with Gasteiger partial charge in [-0.15, -0.1) is 0 Å². The number of hydrogen-bond acceptors (Lipinski definition) is 9. The minimum absolute atomic E-state index is 0.0447. The number of aromatic nitrogens is 4. The van der Waals surface area contributed by atoms with Crippen LogP contribution >= 0.6 is 0 Å². The molecule has 3 aromatic heterocycles. The van der Waals surface area contributed by atoms with E-state index in [-0.39, 0.29) is 28.7 Å². The Labute approximate surface area is 246 Å². The maximum atomic E-state index is 14.0. The fourth-order valence-corrected chi connectivity index (χ4v) is 5.51. The second-order valence-corrected chi connectivity index (χ2v) is 11.9. The zero-order valence-corrected chi connectivity index (χ0v) is 24.1. The highest BCUT2D eigenvalue weighted by Gasteiger charge is 2.23. The number of benzene rings is 2. The number of sulfonamides is 1. The molecule has 0 radical (unpaired) electrons. The second-order valence-electron chi connectivity index (χ2n) is 10.1. The van der Waals surface area contributed by atoms with Crippen LogP contribution in [0.5, 0.6) is 11.6 Å². The predicted octanol–water partition coefficient (Wildman–Crippen LogP) is 4.01. The van der Waals surface area contributed by atoms with Crippen LogP contribution in [0, 0.1) is 12.7 Å². The Morgan fingerprint density at radius 2 is 1.88 bits per heavy atom. The lowest BCUT2D eigenvalue weighted by Crippen LogP contribution is -2.36. The molecule has 0 bridgehead atoms. The lowest BCUT2D eigenvalue weighted by atomic mass is 10.1. The number of nitrogen functional groups attached to an aromatic ring is 1. The number of H-pyrrole nitrogens is 1. The number of nitrogens with one attached hydrogen (secondary N) is 2. The first-order chi connectivity index (χ1) is 20.6. The molecule has 0 unspecified atom stereocenters. The van der Waals surface area contributed by atoms with Crippen molar-refractivity contribution in [2.75, 3.05) is 47.9 Å². The van der Waals surface area contributed by atoms with Crippen LogP contribution in [0.1, 0.15) is 21.6 Å². The van der Waals surface area contributed by atoms with Gasteiger partial charge in [-0.05, 0) is 42.8 Å². The van der Waals surface area contributed by atoms with E-state index in [0.717, 1.165) is 11.6 Å². The summed E-state index contributed by atoms with van der Waals surface area (Å²) < 4.78 is 53.2. The second kappa shape index (κ2) is 11.0. The average molecular weight is 606 g/mol. The van der Waals surface area contributed by atoms with E-state index >= 15 is 0 Å². The summed E-state index contributed by atoms with van der Waals surface area (Å²) >= 11 is 0. The molecule has 0 saturated carbocycles. The van der Waals surface area contributed by atoms with E-state index in [0.29, 0.717) is 54.4 Å². The number of aryl methyl sites for hydroxylation is 1. The Kier molecular flexibility index (Phi) is 7.23. The summed E-state index contributed by atoms with van der Waals surface area (Å²) in [5, 5.41) is 5.05. The molecule has 1 aliphatic heterocycles. The molecule has 1 aliphatic rings. The van der Waals surface area contributed by atoms with E-state index in [2.05, 4.69) is 19.8 Å². The lowest BCUT2D eigenvalue weighted by molar-refractivity contribution is 0.103. The summed E-state index contributed by atoms with van der Waals surface area (Å²) in [6.07, 6.45) is 3.95. The van der Waals surface area contributed by atoms with E-state index in [4.69, 9.17) is 15.2 Å². The molecule has 0 spiro atoms. The van der Waals surface area contributed by atoms with Gasteiger partial charge in [-0.1, -0.05) is 12.1 Å². The number of fused-ring (bicyclic) bond motifs is 1. The molecule has 1 saturated heterocycles. The summed E-state index contributed by atoms with van der Waals surface area (Å²) in [5.74, 6) is -0.570. The minimum atomic E-state index is -3.56. The van der Waals surface area contributed by atoms with E-state index in [1.165, 1.54) is 29.2 Å². The van der Waals surface area contributed by atoms with Crippen molar-refractivity contribution in [3.8, 4) is 17.3 Å². The first-order valence-electron chi connectivity index (χ1n) is 13.3. The average Bonchev–Trinajstić information content (AvgIpc) is 3.56. The number of anilines is 3. The van der Waals surface area contributed by atoms with Gasteiger partial charge in [0.05, 0.1) is 60.2 Å². The Bertz CT molecular complexity index is 1970. The highest BCUT2D eigenvalue weighted by atomic mass is 32.2. The topological polar surface area (TPSA) is 157 Å². The highest BCUT2D eigenvalue weighted by Crippen LogP contribution is 2.34. The summed E-state index contributed by atoms with van der Waals surface area (Å²) in [6, 6.07) is 12.8. The largest absolute Gasteiger partial charge is 0.436 e. The van der Waals surface area contributed by atoms with Crippen molar-refractivity contribution in [2.24, 2.45) is 0 Å². The third kappa shape index (κ3) is 5.74. The molecule has 2 aromatic carbocycles. The van der Waals surface area contributed by atoms with E-state index in [1.807, 2.05) is 11.0 Å². The first kappa shape index (κ1) is 28.2. The number of rotatable bonds is 8. The molecule has 1 fully saturated rings. The Morgan fingerprint density at radius 3 is 2.60 bits per heavy atom. The number of ketones is 1. The molecule has 12 nitrogen and oxygen atoms in total. The normalized spacial score (nSPS) is 13.8. The van der Waals surface area contributed by atoms with Crippen molar-refractivity contribution in [1.29, 1.82) is 0 Å². The van der Waals surface area contributed by atoms with Crippen LogP contribution in [0.15, 0.2) is 60.9 Å². The summed E-state index contributed by atoms with van der Waals surface area (Å²) in [7, 11) is -3.56. The van der Waals surface area contributed by atoms with Gasteiger partial charge in [0, 0.05) is 30.1 Å². The number of para-hydroxylation sites is 1. The number of nitrogens with zero attached hydrogens (tertiary/aromatic N) is 4. The molecule has 0 atom stereocenters. The SMILES string of the molecule is Cc1cc(Oc2ccccc2F)ncc1-n1ncc(C(=O)c2cc3cc(N4CCOCC4)c(NS(C)(=O)=O)cc3[nH]2)c1N. The number of pyridine rings is 1. The van der Waals surface area contributed by atoms with Crippen LogP contribution in [0.2, 0.25) is 0 Å². The number of carbonyl (C=O) groups excluding carboxylic acids is 1. The molecule has 43 heavy (non-hydrogen) atoms. The third-order valence-corrected chi connectivity index (χ3v) is 7.61. The van der Waals surface area contributed by atoms with E-state index < -0.39 is 21.6 Å². The predicted molar refractivity (Wildman–Crippen MR) is 160 cm³/mol. The van der Waals surface area contributed by atoms with Gasteiger partial charge >= 0.3 is 0 Å². The maximum Gasteiger partial charge on any atom is 0.229 e. The molecular weight excluding hydrogens is 577 g/mol. The molecule has 4 N–H and O–H groups in total. The minimum Gasteiger partial charge on any atom is -0.436 e. The van der Waals surface area contributed by atoms with Gasteiger partial charge in [-0.25, -0.2) is 22.5 Å². The zero-order valence-electron chi connectivity index (χ0n) is 23.3. The molecule has 0 amide bonds. The fourth-order valence-electron chi connectivity index (χ4n) is 4.95. The van der Waals surface area contributed by atoms with Gasteiger partial charge in [-0.3, -0.25) is 9.52 Å². The van der Waals surface area contributed by atoms with Crippen molar-refractivity contribution in [3.63, 3.8) is 0 Å². The van der Waals surface area contributed by atoms with Crippen LogP contribution in [-0.2, 0) is 14.8 Å². The summed E-state index contributed by atoms with van der Waals surface area (Å²) in [6.45, 7) is 4.03.